The van der Waals surface area contributed by atoms with Crippen LogP contribution < -0.4 is 0 Å². The predicted molar refractivity (Wildman–Crippen MR) is 74.4 cm³/mol. The van der Waals surface area contributed by atoms with Gasteiger partial charge in [0.15, 0.2) is 0 Å². The van der Waals surface area contributed by atoms with Gasteiger partial charge >= 0.3 is 0 Å². The van der Waals surface area contributed by atoms with Gasteiger partial charge in [-0.15, -0.1) is 0 Å². The number of halogens is 1. The van der Waals surface area contributed by atoms with Gasteiger partial charge in [0.1, 0.15) is 6.10 Å². The molecule has 6 heteroatoms. The highest BCUT2D eigenvalue weighted by molar-refractivity contribution is 9.10. The van der Waals surface area contributed by atoms with E-state index in [4.69, 9.17) is 4.74 Å². The Morgan fingerprint density at radius 2 is 2.41 bits per heavy atom. The van der Waals surface area contributed by atoms with Crippen molar-refractivity contribution < 1.29 is 9.84 Å². The van der Waals surface area contributed by atoms with E-state index in [2.05, 4.69) is 28.0 Å². The lowest BCUT2D eigenvalue weighted by Crippen LogP contribution is -2.14. The van der Waals surface area contributed by atoms with Crippen molar-refractivity contribution in [1.82, 2.24) is 9.78 Å². The largest absolute Gasteiger partial charge is 0.386 e. The number of aromatic nitrogens is 2. The van der Waals surface area contributed by atoms with Crippen LogP contribution in [0.25, 0.3) is 0 Å². The molecular weight excluding hydrogens is 304 g/mol. The Morgan fingerprint density at radius 1 is 1.65 bits per heavy atom. The summed E-state index contributed by atoms with van der Waals surface area (Å²) in [5.74, 6) is 1.77. The Morgan fingerprint density at radius 3 is 3.06 bits per heavy atom. The number of hydrogen-bond donors (Lipinski definition) is 1. The third-order valence-corrected chi connectivity index (χ3v) is 4.14. The van der Waals surface area contributed by atoms with Gasteiger partial charge in [0.05, 0.1) is 29.5 Å². The molecule has 0 aliphatic heterocycles. The monoisotopic (exact) mass is 322 g/mol. The number of thioether (sulfide) groups is 1. The summed E-state index contributed by atoms with van der Waals surface area (Å²) in [6.07, 6.45) is 2.36. The molecule has 0 spiro atoms. The average molecular weight is 323 g/mol. The van der Waals surface area contributed by atoms with Crippen molar-refractivity contribution in [3.63, 3.8) is 0 Å². The van der Waals surface area contributed by atoms with Crippen LogP contribution in [-0.2, 0) is 11.3 Å². The maximum Gasteiger partial charge on any atom is 0.106 e. The molecule has 1 aromatic heterocycles. The summed E-state index contributed by atoms with van der Waals surface area (Å²) in [6, 6.07) is 0. The quantitative estimate of drug-likeness (QED) is 0.747. The summed E-state index contributed by atoms with van der Waals surface area (Å²) in [7, 11) is 1.66. The minimum atomic E-state index is -0.486. The van der Waals surface area contributed by atoms with E-state index in [1.54, 1.807) is 29.8 Å². The van der Waals surface area contributed by atoms with Gasteiger partial charge in [-0.3, -0.25) is 4.68 Å². The second-order valence-corrected chi connectivity index (χ2v) is 5.69. The average Bonchev–Trinajstić information content (AvgIpc) is 2.68. The van der Waals surface area contributed by atoms with E-state index in [9.17, 15) is 5.11 Å². The van der Waals surface area contributed by atoms with E-state index in [1.807, 2.05) is 0 Å². The molecule has 1 N–H and O–H groups in total. The number of aliphatic hydroxyl groups is 1. The molecule has 4 nitrogen and oxygen atoms in total. The maximum atomic E-state index is 10.1. The number of hydrogen-bond acceptors (Lipinski definition) is 4. The summed E-state index contributed by atoms with van der Waals surface area (Å²) in [5, 5.41) is 14.4. The second-order valence-electron chi connectivity index (χ2n) is 3.68. The van der Waals surface area contributed by atoms with E-state index in [-0.39, 0.29) is 0 Å². The maximum absolute atomic E-state index is 10.1. The minimum Gasteiger partial charge on any atom is -0.386 e. The molecule has 1 atom stereocenters. The van der Waals surface area contributed by atoms with Gasteiger partial charge in [0, 0.05) is 12.9 Å². The molecule has 0 bridgehead atoms. The molecule has 98 valence electrons. The fourth-order valence-electron chi connectivity index (χ4n) is 1.48. The molecule has 1 heterocycles. The lowest BCUT2D eigenvalue weighted by atomic mass is 10.3. The Bertz CT molecular complexity index is 333. The van der Waals surface area contributed by atoms with Crippen molar-refractivity contribution >= 4 is 27.7 Å². The molecule has 1 aromatic rings. The van der Waals surface area contributed by atoms with Gasteiger partial charge in [0.2, 0.25) is 0 Å². The fourth-order valence-corrected chi connectivity index (χ4v) is 2.87. The number of ether oxygens (including phenoxy) is 1. The van der Waals surface area contributed by atoms with Crippen LogP contribution >= 0.6 is 27.7 Å². The summed E-state index contributed by atoms with van der Waals surface area (Å²) in [5.41, 5.74) is 0.839. The van der Waals surface area contributed by atoms with Crippen molar-refractivity contribution in [2.45, 2.75) is 26.0 Å². The van der Waals surface area contributed by atoms with Gasteiger partial charge in [-0.05, 0) is 28.1 Å². The lowest BCUT2D eigenvalue weighted by Gasteiger charge is -2.13. The summed E-state index contributed by atoms with van der Waals surface area (Å²) in [6.45, 7) is 3.39. The molecule has 0 saturated heterocycles. The normalized spacial score (nSPS) is 12.9. The molecule has 0 amide bonds. The first-order chi connectivity index (χ1) is 8.20. The standard InChI is InChI=1S/C11H19BrN2O2S/c1-3-6-17-8-10(15)11-9(12)7-13-14(11)4-5-16-2/h7,10,15H,3-6,8H2,1-2H3. The van der Waals surface area contributed by atoms with E-state index < -0.39 is 6.10 Å². The van der Waals surface area contributed by atoms with Crippen LogP contribution in [0.5, 0.6) is 0 Å². The smallest absolute Gasteiger partial charge is 0.106 e. The molecule has 1 rings (SSSR count). The van der Waals surface area contributed by atoms with E-state index >= 15 is 0 Å². The Hall–Kier alpha value is -0.0400. The first-order valence-corrected chi connectivity index (χ1v) is 7.61. The van der Waals surface area contributed by atoms with Crippen LogP contribution in [0.15, 0.2) is 10.7 Å². The van der Waals surface area contributed by atoms with Crippen molar-refractivity contribution in [2.24, 2.45) is 0 Å². The summed E-state index contributed by atoms with van der Waals surface area (Å²) >= 11 is 5.18. The van der Waals surface area contributed by atoms with Gasteiger partial charge in [-0.25, -0.2) is 0 Å². The molecular formula is C11H19BrN2O2S. The Balaban J connectivity index is 2.63. The van der Waals surface area contributed by atoms with Gasteiger partial charge in [-0.1, -0.05) is 6.92 Å². The van der Waals surface area contributed by atoms with Crippen molar-refractivity contribution in [3.8, 4) is 0 Å². The van der Waals surface area contributed by atoms with Crippen molar-refractivity contribution in [2.75, 3.05) is 25.2 Å². The van der Waals surface area contributed by atoms with Crippen LogP contribution in [-0.4, -0.2) is 40.1 Å². The Labute approximate surface area is 115 Å². The number of rotatable bonds is 8. The first kappa shape index (κ1) is 15.0. The number of aliphatic hydroxyl groups excluding tert-OH is 1. The first-order valence-electron chi connectivity index (χ1n) is 5.66. The number of nitrogens with zero attached hydrogens (tertiary/aromatic N) is 2. The van der Waals surface area contributed by atoms with E-state index in [0.717, 1.165) is 22.3 Å². The molecule has 1 unspecified atom stereocenters. The molecule has 0 saturated carbocycles. The summed E-state index contributed by atoms with van der Waals surface area (Å²) in [4.78, 5) is 0. The van der Waals surface area contributed by atoms with Crippen LogP contribution in [0.3, 0.4) is 0 Å². The topological polar surface area (TPSA) is 47.3 Å². The lowest BCUT2D eigenvalue weighted by molar-refractivity contribution is 0.166. The van der Waals surface area contributed by atoms with Crippen molar-refractivity contribution in [1.29, 1.82) is 0 Å². The number of methoxy groups -OCH3 is 1. The zero-order valence-corrected chi connectivity index (χ0v) is 12.6. The summed E-state index contributed by atoms with van der Waals surface area (Å²) < 4.78 is 7.68. The van der Waals surface area contributed by atoms with Crippen LogP contribution in [0, 0.1) is 0 Å². The minimum absolute atomic E-state index is 0.486. The molecule has 0 aromatic carbocycles. The molecule has 0 fully saturated rings. The Kier molecular flexibility index (Phi) is 7.18. The highest BCUT2D eigenvalue weighted by Gasteiger charge is 2.17. The third-order valence-electron chi connectivity index (χ3n) is 2.28. The van der Waals surface area contributed by atoms with Crippen LogP contribution in [0.1, 0.15) is 25.1 Å². The molecule has 0 aliphatic carbocycles. The van der Waals surface area contributed by atoms with Gasteiger partial charge in [-0.2, -0.15) is 16.9 Å². The molecule has 0 radical (unpaired) electrons. The van der Waals surface area contributed by atoms with Gasteiger partial charge < -0.3 is 9.84 Å². The SMILES string of the molecule is CCCSCC(O)c1c(Br)cnn1CCOC. The van der Waals surface area contributed by atoms with Crippen LogP contribution in [0.2, 0.25) is 0 Å². The molecule has 17 heavy (non-hydrogen) atoms. The van der Waals surface area contributed by atoms with Crippen LogP contribution in [0.4, 0.5) is 0 Å². The van der Waals surface area contributed by atoms with E-state index in [0.29, 0.717) is 18.9 Å². The highest BCUT2D eigenvalue weighted by atomic mass is 79.9. The zero-order valence-electron chi connectivity index (χ0n) is 10.2. The molecule has 0 aliphatic rings. The van der Waals surface area contributed by atoms with Crippen molar-refractivity contribution in [3.05, 3.63) is 16.4 Å². The third kappa shape index (κ3) is 4.62. The van der Waals surface area contributed by atoms with E-state index in [1.165, 1.54) is 0 Å². The predicted octanol–water partition coefficient (Wildman–Crippen LogP) is 2.47. The van der Waals surface area contributed by atoms with Gasteiger partial charge in [0.25, 0.3) is 0 Å². The fraction of sp³-hybridized carbons (Fsp3) is 0.727. The second kappa shape index (κ2) is 8.13. The zero-order chi connectivity index (χ0) is 12.7. The highest BCUT2D eigenvalue weighted by Crippen LogP contribution is 2.26.